The van der Waals surface area contributed by atoms with Crippen LogP contribution in [0.2, 0.25) is 10.0 Å². The number of hydrogen-bond donors (Lipinski definition) is 1. The van der Waals surface area contributed by atoms with Crippen molar-refractivity contribution in [2.75, 3.05) is 6.61 Å². The van der Waals surface area contributed by atoms with E-state index in [2.05, 4.69) is 10.5 Å². The molecule has 1 heterocycles. The lowest BCUT2D eigenvalue weighted by atomic mass is 10.2. The van der Waals surface area contributed by atoms with Gasteiger partial charge in [-0.1, -0.05) is 37.0 Å². The van der Waals surface area contributed by atoms with Crippen LogP contribution in [0.5, 0.6) is 5.75 Å². The number of halogens is 2. The number of aryl methyl sites for hydroxylation is 1. The molecule has 0 aliphatic rings. The van der Waals surface area contributed by atoms with Crippen LogP contribution in [0.25, 0.3) is 0 Å². The van der Waals surface area contributed by atoms with Crippen molar-refractivity contribution in [1.82, 2.24) is 9.99 Å². The van der Waals surface area contributed by atoms with E-state index in [-0.39, 0.29) is 5.56 Å². The summed E-state index contributed by atoms with van der Waals surface area (Å²) < 4.78 is 6.91. The van der Waals surface area contributed by atoms with Gasteiger partial charge in [-0.05, 0) is 35.7 Å². The molecule has 0 spiro atoms. The Kier molecular flexibility index (Phi) is 6.83. The Labute approximate surface area is 161 Å². The van der Waals surface area contributed by atoms with Crippen LogP contribution in [0, 0.1) is 5.92 Å². The average Bonchev–Trinajstić information content (AvgIpc) is 2.56. The van der Waals surface area contributed by atoms with Crippen LogP contribution in [0.15, 0.2) is 40.4 Å². The van der Waals surface area contributed by atoms with E-state index in [9.17, 15) is 9.59 Å². The summed E-state index contributed by atoms with van der Waals surface area (Å²) in [5.74, 6) is 0.150. The van der Waals surface area contributed by atoms with E-state index in [0.717, 1.165) is 0 Å². The number of aromatic nitrogens is 1. The van der Waals surface area contributed by atoms with Crippen LogP contribution >= 0.6 is 23.2 Å². The minimum Gasteiger partial charge on any atom is -0.490 e. The summed E-state index contributed by atoms with van der Waals surface area (Å²) in [5, 5.41) is 4.54. The van der Waals surface area contributed by atoms with Gasteiger partial charge in [-0.15, -0.1) is 0 Å². The molecular weight excluding hydrogens is 377 g/mol. The fourth-order valence-corrected chi connectivity index (χ4v) is 2.65. The Morgan fingerprint density at radius 3 is 2.62 bits per heavy atom. The second-order valence-corrected chi connectivity index (χ2v) is 6.87. The molecule has 2 aromatic rings. The second kappa shape index (κ2) is 8.87. The van der Waals surface area contributed by atoms with Crippen molar-refractivity contribution in [2.45, 2.75) is 13.8 Å². The van der Waals surface area contributed by atoms with Gasteiger partial charge in [-0.25, -0.2) is 5.43 Å². The van der Waals surface area contributed by atoms with Gasteiger partial charge in [0.25, 0.3) is 11.5 Å². The monoisotopic (exact) mass is 395 g/mol. The fourth-order valence-electron chi connectivity index (χ4n) is 2.04. The third kappa shape index (κ3) is 5.09. The molecule has 1 N–H and O–H groups in total. The third-order valence-corrected chi connectivity index (χ3v) is 3.89. The molecule has 0 aliphatic heterocycles. The van der Waals surface area contributed by atoms with Crippen LogP contribution in [0.1, 0.15) is 29.8 Å². The van der Waals surface area contributed by atoms with E-state index < -0.39 is 11.5 Å². The van der Waals surface area contributed by atoms with Crippen molar-refractivity contribution in [2.24, 2.45) is 18.1 Å². The molecular formula is C18H19Cl2N3O3. The molecule has 138 valence electrons. The van der Waals surface area contributed by atoms with E-state index in [1.54, 1.807) is 31.4 Å². The van der Waals surface area contributed by atoms with Crippen LogP contribution in [0.3, 0.4) is 0 Å². The third-order valence-electron chi connectivity index (χ3n) is 3.33. The van der Waals surface area contributed by atoms with E-state index >= 15 is 0 Å². The molecule has 0 saturated heterocycles. The lowest BCUT2D eigenvalue weighted by Gasteiger charge is -2.12. The highest BCUT2D eigenvalue weighted by molar-refractivity contribution is 6.37. The van der Waals surface area contributed by atoms with Crippen LogP contribution in [0.4, 0.5) is 0 Å². The van der Waals surface area contributed by atoms with E-state index in [0.29, 0.717) is 33.9 Å². The van der Waals surface area contributed by atoms with Gasteiger partial charge < -0.3 is 9.30 Å². The Morgan fingerprint density at radius 1 is 1.35 bits per heavy atom. The van der Waals surface area contributed by atoms with E-state index in [1.165, 1.54) is 16.8 Å². The van der Waals surface area contributed by atoms with Gasteiger partial charge in [0.15, 0.2) is 5.75 Å². The quantitative estimate of drug-likeness (QED) is 0.600. The maximum absolute atomic E-state index is 12.0. The van der Waals surface area contributed by atoms with E-state index in [4.69, 9.17) is 27.9 Å². The number of benzene rings is 1. The first kappa shape index (κ1) is 20.0. The molecule has 0 aliphatic carbocycles. The van der Waals surface area contributed by atoms with Crippen LogP contribution in [-0.4, -0.2) is 23.3 Å². The zero-order valence-corrected chi connectivity index (χ0v) is 16.1. The number of hydrazone groups is 1. The minimum absolute atomic E-state index is 0.000600. The first-order valence-corrected chi connectivity index (χ1v) is 8.66. The van der Waals surface area contributed by atoms with Gasteiger partial charge in [0.05, 0.1) is 22.9 Å². The zero-order valence-electron chi connectivity index (χ0n) is 14.6. The summed E-state index contributed by atoms with van der Waals surface area (Å²) in [6.07, 6.45) is 2.95. The van der Waals surface area contributed by atoms with Crippen molar-refractivity contribution in [3.8, 4) is 5.75 Å². The molecule has 0 atom stereocenters. The number of carbonyl (C=O) groups is 1. The predicted molar refractivity (Wildman–Crippen MR) is 104 cm³/mol. The summed E-state index contributed by atoms with van der Waals surface area (Å²) in [7, 11) is 1.56. The average molecular weight is 396 g/mol. The highest BCUT2D eigenvalue weighted by atomic mass is 35.5. The van der Waals surface area contributed by atoms with Crippen molar-refractivity contribution in [3.63, 3.8) is 0 Å². The number of nitrogens with one attached hydrogen (secondary N) is 1. The number of carbonyl (C=O) groups excluding carboxylic acids is 1. The van der Waals surface area contributed by atoms with Crippen molar-refractivity contribution >= 4 is 35.3 Å². The molecule has 0 unspecified atom stereocenters. The lowest BCUT2D eigenvalue weighted by molar-refractivity contribution is 0.0953. The molecule has 0 radical (unpaired) electrons. The summed E-state index contributed by atoms with van der Waals surface area (Å²) in [6.45, 7) is 4.53. The molecule has 26 heavy (non-hydrogen) atoms. The highest BCUT2D eigenvalue weighted by Crippen LogP contribution is 2.34. The van der Waals surface area contributed by atoms with Gasteiger partial charge in [0.2, 0.25) is 0 Å². The van der Waals surface area contributed by atoms with E-state index in [1.807, 2.05) is 13.8 Å². The summed E-state index contributed by atoms with van der Waals surface area (Å²) in [6, 6.07) is 6.29. The number of hydrogen-bond acceptors (Lipinski definition) is 4. The molecule has 0 fully saturated rings. The number of nitrogens with zero attached hydrogens (tertiary/aromatic N) is 2. The van der Waals surface area contributed by atoms with Gasteiger partial charge in [0, 0.05) is 13.2 Å². The zero-order chi connectivity index (χ0) is 19.3. The van der Waals surface area contributed by atoms with Crippen molar-refractivity contribution in [3.05, 3.63) is 62.0 Å². The van der Waals surface area contributed by atoms with Gasteiger partial charge >= 0.3 is 0 Å². The second-order valence-electron chi connectivity index (χ2n) is 6.06. The molecule has 0 bridgehead atoms. The van der Waals surface area contributed by atoms with Crippen molar-refractivity contribution < 1.29 is 9.53 Å². The highest BCUT2D eigenvalue weighted by Gasteiger charge is 2.11. The molecule has 1 aromatic carbocycles. The first-order chi connectivity index (χ1) is 12.3. The van der Waals surface area contributed by atoms with Crippen LogP contribution < -0.4 is 15.7 Å². The minimum atomic E-state index is -0.600. The Bertz CT molecular complexity index is 868. The predicted octanol–water partition coefficient (Wildman–Crippen LogP) is 3.49. The lowest BCUT2D eigenvalue weighted by Crippen LogP contribution is -2.29. The van der Waals surface area contributed by atoms with Crippen molar-refractivity contribution in [1.29, 1.82) is 0 Å². The fraction of sp³-hybridized carbons (Fsp3) is 0.278. The molecule has 1 aromatic heterocycles. The number of pyridine rings is 1. The SMILES string of the molecule is CC(C)COc1c(Cl)cc(/C=N\NC(=O)c2cccn(C)c2=O)cc1Cl. The standard InChI is InChI=1S/C18H19Cl2N3O3/c1-11(2)10-26-16-14(19)7-12(8-15(16)20)9-21-22-17(24)13-5-4-6-23(3)18(13)25/h4-9,11H,10H2,1-3H3,(H,22,24)/b21-9-. The van der Waals surface area contributed by atoms with Gasteiger partial charge in [-0.3, -0.25) is 9.59 Å². The molecule has 2 rings (SSSR count). The number of ether oxygens (including phenoxy) is 1. The molecule has 0 saturated carbocycles. The normalized spacial score (nSPS) is 11.2. The summed E-state index contributed by atoms with van der Waals surface area (Å²) in [4.78, 5) is 23.9. The Morgan fingerprint density at radius 2 is 2.00 bits per heavy atom. The summed E-state index contributed by atoms with van der Waals surface area (Å²) in [5.41, 5.74) is 2.49. The molecule has 8 heteroatoms. The Hall–Kier alpha value is -2.31. The molecule has 1 amide bonds. The first-order valence-electron chi connectivity index (χ1n) is 7.90. The maximum Gasteiger partial charge on any atom is 0.276 e. The largest absolute Gasteiger partial charge is 0.490 e. The summed E-state index contributed by atoms with van der Waals surface area (Å²) >= 11 is 12.4. The van der Waals surface area contributed by atoms with Gasteiger partial charge in [-0.2, -0.15) is 5.10 Å². The number of amides is 1. The van der Waals surface area contributed by atoms with Crippen LogP contribution in [-0.2, 0) is 7.05 Å². The Balaban J connectivity index is 2.10. The smallest absolute Gasteiger partial charge is 0.276 e. The van der Waals surface area contributed by atoms with Gasteiger partial charge in [0.1, 0.15) is 5.56 Å². The maximum atomic E-state index is 12.0. The number of rotatable bonds is 6. The molecule has 6 nitrogen and oxygen atoms in total. The topological polar surface area (TPSA) is 72.7 Å².